The van der Waals surface area contributed by atoms with Crippen LogP contribution in [-0.2, 0) is 5.54 Å². The third kappa shape index (κ3) is 3.38. The molecular formula is C17H21N5O3. The van der Waals surface area contributed by atoms with Crippen LogP contribution in [0.1, 0.15) is 78.0 Å². The molecule has 0 radical (unpaired) electrons. The van der Waals surface area contributed by atoms with E-state index in [9.17, 15) is 9.59 Å². The second-order valence-electron chi connectivity index (χ2n) is 6.65. The highest BCUT2D eigenvalue weighted by Crippen LogP contribution is 2.37. The van der Waals surface area contributed by atoms with Crippen molar-refractivity contribution in [3.63, 3.8) is 0 Å². The number of nitrogens with zero attached hydrogens (tertiary/aromatic N) is 3. The largest absolute Gasteiger partial charge is 0.366 e. The van der Waals surface area contributed by atoms with Crippen molar-refractivity contribution in [2.45, 2.75) is 51.0 Å². The van der Waals surface area contributed by atoms with Crippen molar-refractivity contribution >= 4 is 11.8 Å². The normalized spacial score (nSPS) is 16.1. The van der Waals surface area contributed by atoms with Gasteiger partial charge in [0.05, 0.1) is 5.56 Å². The molecule has 1 fully saturated rings. The van der Waals surface area contributed by atoms with Crippen molar-refractivity contribution in [1.29, 1.82) is 0 Å². The van der Waals surface area contributed by atoms with Gasteiger partial charge in [-0.1, -0.05) is 31.8 Å². The van der Waals surface area contributed by atoms with Crippen molar-refractivity contribution in [2.24, 2.45) is 5.73 Å². The number of nitrogens with two attached hydrogens (primary N) is 1. The molecule has 2 aromatic heterocycles. The average molecular weight is 343 g/mol. The molecule has 25 heavy (non-hydrogen) atoms. The van der Waals surface area contributed by atoms with Crippen molar-refractivity contribution < 1.29 is 14.1 Å². The number of nitrogens with one attached hydrogen (secondary N) is 1. The van der Waals surface area contributed by atoms with Crippen LogP contribution >= 0.6 is 0 Å². The SMILES string of the molecule is CC(C)c1nc(C2(NC(=O)c3ccc(C(N)=O)cn3)CCCC2)no1. The molecule has 1 aliphatic rings. The predicted octanol–water partition coefficient (Wildman–Crippen LogP) is 1.89. The lowest BCUT2D eigenvalue weighted by Crippen LogP contribution is -2.45. The molecule has 8 heteroatoms. The average Bonchev–Trinajstić information content (AvgIpc) is 3.25. The lowest BCUT2D eigenvalue weighted by atomic mass is 9.96. The zero-order valence-corrected chi connectivity index (χ0v) is 14.3. The number of carbonyl (C=O) groups is 2. The van der Waals surface area contributed by atoms with Crippen LogP contribution in [-0.4, -0.2) is 26.9 Å². The molecule has 0 spiro atoms. The summed E-state index contributed by atoms with van der Waals surface area (Å²) in [4.78, 5) is 32.2. The molecule has 132 valence electrons. The Balaban J connectivity index is 1.83. The van der Waals surface area contributed by atoms with Gasteiger partial charge >= 0.3 is 0 Å². The van der Waals surface area contributed by atoms with Crippen LogP contribution in [0.5, 0.6) is 0 Å². The first kappa shape index (κ1) is 17.1. The summed E-state index contributed by atoms with van der Waals surface area (Å²) < 4.78 is 5.31. The van der Waals surface area contributed by atoms with Gasteiger partial charge in [-0.3, -0.25) is 14.6 Å². The summed E-state index contributed by atoms with van der Waals surface area (Å²) in [6.07, 6.45) is 4.73. The summed E-state index contributed by atoms with van der Waals surface area (Å²) in [5.74, 6) is 0.266. The molecule has 0 bridgehead atoms. The third-order valence-corrected chi connectivity index (χ3v) is 4.45. The first-order valence-corrected chi connectivity index (χ1v) is 8.34. The fraction of sp³-hybridized carbons (Fsp3) is 0.471. The van der Waals surface area contributed by atoms with E-state index in [4.69, 9.17) is 10.3 Å². The van der Waals surface area contributed by atoms with E-state index < -0.39 is 11.4 Å². The molecule has 8 nitrogen and oxygen atoms in total. The van der Waals surface area contributed by atoms with E-state index >= 15 is 0 Å². The van der Waals surface area contributed by atoms with Gasteiger partial charge in [0, 0.05) is 12.1 Å². The van der Waals surface area contributed by atoms with Crippen molar-refractivity contribution in [1.82, 2.24) is 20.4 Å². The van der Waals surface area contributed by atoms with Gasteiger partial charge in [-0.2, -0.15) is 4.98 Å². The zero-order valence-electron chi connectivity index (χ0n) is 14.3. The lowest BCUT2D eigenvalue weighted by molar-refractivity contribution is 0.0885. The summed E-state index contributed by atoms with van der Waals surface area (Å²) in [5.41, 5.74) is 5.02. The van der Waals surface area contributed by atoms with Crippen molar-refractivity contribution in [3.8, 4) is 0 Å². The standard InChI is InChI=1S/C17H21N5O3/c1-10(2)15-20-16(22-25-15)17(7-3-4-8-17)21-14(24)12-6-5-11(9-19-12)13(18)23/h5-6,9-10H,3-4,7-8H2,1-2H3,(H2,18,23)(H,21,24). The minimum atomic E-state index is -0.641. The molecule has 3 rings (SSSR count). The number of amides is 2. The van der Waals surface area contributed by atoms with E-state index in [0.29, 0.717) is 11.7 Å². The second kappa shape index (κ2) is 6.62. The molecule has 0 unspecified atom stereocenters. The maximum absolute atomic E-state index is 12.6. The third-order valence-electron chi connectivity index (χ3n) is 4.45. The van der Waals surface area contributed by atoms with Gasteiger partial charge in [0.2, 0.25) is 11.8 Å². The number of pyridine rings is 1. The van der Waals surface area contributed by atoms with E-state index in [0.717, 1.165) is 25.7 Å². The van der Waals surface area contributed by atoms with Gasteiger partial charge in [-0.05, 0) is 25.0 Å². The number of rotatable bonds is 5. The van der Waals surface area contributed by atoms with Gasteiger partial charge in [0.15, 0.2) is 5.82 Å². The number of hydrogen-bond acceptors (Lipinski definition) is 6. The highest BCUT2D eigenvalue weighted by Gasteiger charge is 2.41. The summed E-state index contributed by atoms with van der Waals surface area (Å²) in [6, 6.07) is 2.96. The molecule has 3 N–H and O–H groups in total. The minimum Gasteiger partial charge on any atom is -0.366 e. The van der Waals surface area contributed by atoms with Gasteiger partial charge in [0.25, 0.3) is 5.91 Å². The number of carbonyl (C=O) groups excluding carboxylic acids is 2. The van der Waals surface area contributed by atoms with Crippen LogP contribution in [0.2, 0.25) is 0 Å². The van der Waals surface area contributed by atoms with Crippen LogP contribution in [0.4, 0.5) is 0 Å². The van der Waals surface area contributed by atoms with Gasteiger partial charge in [-0.25, -0.2) is 0 Å². The summed E-state index contributed by atoms with van der Waals surface area (Å²) >= 11 is 0. The van der Waals surface area contributed by atoms with E-state index in [-0.39, 0.29) is 23.1 Å². The molecule has 2 aromatic rings. The zero-order chi connectivity index (χ0) is 18.0. The summed E-state index contributed by atoms with van der Waals surface area (Å²) in [5, 5.41) is 7.12. The van der Waals surface area contributed by atoms with Gasteiger partial charge < -0.3 is 15.6 Å². The molecule has 2 heterocycles. The number of primary amides is 1. The molecule has 1 aliphatic carbocycles. The minimum absolute atomic E-state index is 0.124. The van der Waals surface area contributed by atoms with E-state index in [1.807, 2.05) is 13.8 Å². The Bertz CT molecular complexity index is 776. The predicted molar refractivity (Wildman–Crippen MR) is 88.8 cm³/mol. The van der Waals surface area contributed by atoms with Gasteiger partial charge in [-0.15, -0.1) is 0 Å². The summed E-state index contributed by atoms with van der Waals surface area (Å²) in [6.45, 7) is 3.95. The fourth-order valence-corrected chi connectivity index (χ4v) is 3.00. The monoisotopic (exact) mass is 343 g/mol. The summed E-state index contributed by atoms with van der Waals surface area (Å²) in [7, 11) is 0. The molecule has 0 aromatic carbocycles. The highest BCUT2D eigenvalue weighted by atomic mass is 16.5. The maximum Gasteiger partial charge on any atom is 0.270 e. The van der Waals surface area contributed by atoms with Gasteiger partial charge in [0.1, 0.15) is 11.2 Å². The highest BCUT2D eigenvalue weighted by molar-refractivity contribution is 5.95. The second-order valence-corrected chi connectivity index (χ2v) is 6.65. The molecular weight excluding hydrogens is 322 g/mol. The number of aromatic nitrogens is 3. The Morgan fingerprint density at radius 3 is 2.52 bits per heavy atom. The van der Waals surface area contributed by atoms with Crippen LogP contribution in [0.15, 0.2) is 22.9 Å². The van der Waals surface area contributed by atoms with Crippen molar-refractivity contribution in [3.05, 3.63) is 41.3 Å². The lowest BCUT2D eigenvalue weighted by Gasteiger charge is -2.26. The fourth-order valence-electron chi connectivity index (χ4n) is 3.00. The Kier molecular flexibility index (Phi) is 4.52. The molecule has 0 atom stereocenters. The molecule has 1 saturated carbocycles. The Hall–Kier alpha value is -2.77. The first-order chi connectivity index (χ1) is 11.9. The Morgan fingerprint density at radius 2 is 2.00 bits per heavy atom. The van der Waals surface area contributed by atoms with Crippen LogP contribution in [0, 0.1) is 0 Å². The molecule has 0 saturated heterocycles. The van der Waals surface area contributed by atoms with Crippen LogP contribution < -0.4 is 11.1 Å². The molecule has 2 amide bonds. The molecule has 0 aliphatic heterocycles. The van der Waals surface area contributed by atoms with E-state index in [1.54, 1.807) is 0 Å². The van der Waals surface area contributed by atoms with Crippen LogP contribution in [0.3, 0.4) is 0 Å². The van der Waals surface area contributed by atoms with E-state index in [1.165, 1.54) is 18.3 Å². The first-order valence-electron chi connectivity index (χ1n) is 8.34. The Labute approximate surface area is 145 Å². The van der Waals surface area contributed by atoms with E-state index in [2.05, 4.69) is 20.4 Å². The smallest absolute Gasteiger partial charge is 0.270 e. The van der Waals surface area contributed by atoms with Crippen LogP contribution in [0.25, 0.3) is 0 Å². The number of hydrogen-bond donors (Lipinski definition) is 2. The quantitative estimate of drug-likeness (QED) is 0.854. The van der Waals surface area contributed by atoms with Crippen molar-refractivity contribution in [2.75, 3.05) is 0 Å². The maximum atomic E-state index is 12.6. The Morgan fingerprint density at radius 1 is 1.28 bits per heavy atom. The topological polar surface area (TPSA) is 124 Å².